The van der Waals surface area contributed by atoms with Crippen molar-refractivity contribution >= 4 is 29.9 Å². The van der Waals surface area contributed by atoms with Crippen LogP contribution >= 0.6 is 24.0 Å². The van der Waals surface area contributed by atoms with Gasteiger partial charge in [0.15, 0.2) is 11.7 Å². The molecule has 1 aliphatic rings. The summed E-state index contributed by atoms with van der Waals surface area (Å²) in [4.78, 5) is 7.02. The van der Waals surface area contributed by atoms with Gasteiger partial charge in [-0.3, -0.25) is 0 Å². The molecule has 1 unspecified atom stereocenters. The van der Waals surface area contributed by atoms with E-state index in [1.807, 2.05) is 13.0 Å². The van der Waals surface area contributed by atoms with E-state index in [0.29, 0.717) is 18.4 Å². The van der Waals surface area contributed by atoms with Crippen molar-refractivity contribution in [1.29, 1.82) is 0 Å². The fourth-order valence-electron chi connectivity index (χ4n) is 2.70. The van der Waals surface area contributed by atoms with Gasteiger partial charge in [0.1, 0.15) is 6.54 Å². The van der Waals surface area contributed by atoms with E-state index in [0.717, 1.165) is 56.7 Å². The highest BCUT2D eigenvalue weighted by Gasteiger charge is 2.24. The van der Waals surface area contributed by atoms with E-state index < -0.39 is 0 Å². The Morgan fingerprint density at radius 1 is 1.50 bits per heavy atom. The smallest absolute Gasteiger partial charge is 0.194 e. The molecule has 0 saturated carbocycles. The molecular formula is C17H31IN4O2. The fraction of sp³-hybridized carbons (Fsp3) is 0.765. The van der Waals surface area contributed by atoms with Crippen LogP contribution in [0.4, 0.5) is 0 Å². The number of ether oxygens (including phenoxy) is 1. The molecule has 138 valence electrons. The number of nitrogens with one attached hydrogen (secondary N) is 1. The highest BCUT2D eigenvalue weighted by molar-refractivity contribution is 14.0. The Balaban J connectivity index is 0.00000288. The average molecular weight is 450 g/mol. The summed E-state index contributed by atoms with van der Waals surface area (Å²) in [6.45, 7) is 13.4. The Hall–Kier alpha value is -0.830. The van der Waals surface area contributed by atoms with Crippen molar-refractivity contribution in [3.8, 4) is 0 Å². The summed E-state index contributed by atoms with van der Waals surface area (Å²) in [6.07, 6.45) is 1.16. The molecule has 0 aliphatic carbocycles. The molecule has 0 spiro atoms. The molecule has 1 aromatic rings. The molecule has 0 radical (unpaired) electrons. The summed E-state index contributed by atoms with van der Waals surface area (Å²) in [6, 6.07) is 2.00. The maximum atomic E-state index is 5.55. The quantitative estimate of drug-likeness (QED) is 0.393. The standard InChI is InChI=1S/C17H30N4O2.HI/c1-5-18-17(21-8-7-14(11-21)12-22-6-2)19-10-15-9-16(13(3)4)20-23-15;/h9,13-14H,5-8,10-12H2,1-4H3,(H,18,19);1H. The van der Waals surface area contributed by atoms with Crippen LogP contribution < -0.4 is 5.32 Å². The number of guanidine groups is 1. The molecule has 7 heteroatoms. The second-order valence-corrected chi connectivity index (χ2v) is 6.30. The van der Waals surface area contributed by atoms with Gasteiger partial charge in [0.2, 0.25) is 0 Å². The number of hydrogen-bond donors (Lipinski definition) is 1. The first kappa shape index (κ1) is 21.2. The molecule has 24 heavy (non-hydrogen) atoms. The number of aromatic nitrogens is 1. The minimum absolute atomic E-state index is 0. The Morgan fingerprint density at radius 2 is 2.29 bits per heavy atom. The molecule has 2 heterocycles. The molecule has 2 rings (SSSR count). The van der Waals surface area contributed by atoms with Crippen LogP contribution in [0.1, 0.15) is 51.5 Å². The van der Waals surface area contributed by atoms with Gasteiger partial charge in [0, 0.05) is 38.2 Å². The molecule has 6 nitrogen and oxygen atoms in total. The first-order valence-electron chi connectivity index (χ1n) is 8.70. The highest BCUT2D eigenvalue weighted by Crippen LogP contribution is 2.18. The van der Waals surface area contributed by atoms with Crippen LogP contribution in [0.25, 0.3) is 0 Å². The van der Waals surface area contributed by atoms with Crippen molar-refractivity contribution in [3.05, 3.63) is 17.5 Å². The van der Waals surface area contributed by atoms with Gasteiger partial charge < -0.3 is 19.5 Å². The molecule has 1 fully saturated rings. The Morgan fingerprint density at radius 3 is 2.92 bits per heavy atom. The normalized spacial score (nSPS) is 18.1. The van der Waals surface area contributed by atoms with Gasteiger partial charge in [-0.15, -0.1) is 24.0 Å². The third-order valence-electron chi connectivity index (χ3n) is 4.03. The molecule has 1 saturated heterocycles. The summed E-state index contributed by atoms with van der Waals surface area (Å²) in [5, 5.41) is 7.46. The zero-order valence-electron chi connectivity index (χ0n) is 15.2. The number of rotatable bonds is 7. The lowest BCUT2D eigenvalue weighted by atomic mass is 10.1. The van der Waals surface area contributed by atoms with Crippen LogP contribution in [0.3, 0.4) is 0 Å². The first-order valence-corrected chi connectivity index (χ1v) is 8.70. The zero-order valence-corrected chi connectivity index (χ0v) is 17.6. The zero-order chi connectivity index (χ0) is 16.7. The van der Waals surface area contributed by atoms with E-state index in [1.54, 1.807) is 0 Å². The lowest BCUT2D eigenvalue weighted by molar-refractivity contribution is 0.114. The third-order valence-corrected chi connectivity index (χ3v) is 4.03. The summed E-state index contributed by atoms with van der Waals surface area (Å²) in [5.74, 6) is 2.74. The second kappa shape index (κ2) is 10.9. The van der Waals surface area contributed by atoms with E-state index >= 15 is 0 Å². The third kappa shape index (κ3) is 6.23. The van der Waals surface area contributed by atoms with E-state index in [4.69, 9.17) is 14.3 Å². The molecule has 1 atom stereocenters. The minimum atomic E-state index is 0. The minimum Gasteiger partial charge on any atom is -0.381 e. The SMILES string of the molecule is CCNC(=NCc1cc(C(C)C)no1)N1CCC(COCC)C1.I. The first-order chi connectivity index (χ1) is 11.1. The molecule has 1 N–H and O–H groups in total. The predicted octanol–water partition coefficient (Wildman–Crippen LogP) is 3.24. The number of nitrogens with zero attached hydrogens (tertiary/aromatic N) is 3. The fourth-order valence-corrected chi connectivity index (χ4v) is 2.70. The second-order valence-electron chi connectivity index (χ2n) is 6.30. The molecule has 1 aliphatic heterocycles. The topological polar surface area (TPSA) is 62.9 Å². The molecular weight excluding hydrogens is 419 g/mol. The molecule has 0 bridgehead atoms. The molecule has 1 aromatic heterocycles. The highest BCUT2D eigenvalue weighted by atomic mass is 127. The van der Waals surface area contributed by atoms with Crippen molar-refractivity contribution in [1.82, 2.24) is 15.4 Å². The predicted molar refractivity (Wildman–Crippen MR) is 107 cm³/mol. The largest absolute Gasteiger partial charge is 0.381 e. The van der Waals surface area contributed by atoms with Crippen molar-refractivity contribution < 1.29 is 9.26 Å². The van der Waals surface area contributed by atoms with E-state index in [9.17, 15) is 0 Å². The van der Waals surface area contributed by atoms with Crippen molar-refractivity contribution in [2.24, 2.45) is 10.9 Å². The Kier molecular flexibility index (Phi) is 9.65. The van der Waals surface area contributed by atoms with Crippen LogP contribution in [-0.4, -0.2) is 48.9 Å². The summed E-state index contributed by atoms with van der Waals surface area (Å²) in [7, 11) is 0. The van der Waals surface area contributed by atoms with E-state index in [1.165, 1.54) is 0 Å². The number of halogens is 1. The number of aliphatic imine (C=N–C) groups is 1. The Bertz CT molecular complexity index is 505. The Labute approximate surface area is 162 Å². The summed E-state index contributed by atoms with van der Waals surface area (Å²) in [5.41, 5.74) is 0.984. The van der Waals surface area contributed by atoms with Gasteiger partial charge in [-0.25, -0.2) is 4.99 Å². The lowest BCUT2D eigenvalue weighted by Crippen LogP contribution is -2.40. The number of likely N-dealkylation sites (tertiary alicyclic amines) is 1. The molecule has 0 amide bonds. The maximum Gasteiger partial charge on any atom is 0.194 e. The van der Waals surface area contributed by atoms with Gasteiger partial charge in [0.05, 0.1) is 12.3 Å². The lowest BCUT2D eigenvalue weighted by Gasteiger charge is -2.21. The monoisotopic (exact) mass is 450 g/mol. The van der Waals surface area contributed by atoms with Crippen molar-refractivity contribution in [3.63, 3.8) is 0 Å². The van der Waals surface area contributed by atoms with Crippen LogP contribution in [-0.2, 0) is 11.3 Å². The maximum absolute atomic E-state index is 5.55. The van der Waals surface area contributed by atoms with Gasteiger partial charge in [-0.2, -0.15) is 0 Å². The van der Waals surface area contributed by atoms with Crippen LogP contribution in [0.15, 0.2) is 15.6 Å². The van der Waals surface area contributed by atoms with Crippen LogP contribution in [0.5, 0.6) is 0 Å². The van der Waals surface area contributed by atoms with Gasteiger partial charge >= 0.3 is 0 Å². The van der Waals surface area contributed by atoms with Gasteiger partial charge in [-0.05, 0) is 26.2 Å². The van der Waals surface area contributed by atoms with Crippen LogP contribution in [0, 0.1) is 5.92 Å². The molecule has 0 aromatic carbocycles. The van der Waals surface area contributed by atoms with Gasteiger partial charge in [0.25, 0.3) is 0 Å². The summed E-state index contributed by atoms with van der Waals surface area (Å²) >= 11 is 0. The summed E-state index contributed by atoms with van der Waals surface area (Å²) < 4.78 is 10.9. The van der Waals surface area contributed by atoms with Crippen molar-refractivity contribution in [2.45, 2.75) is 46.6 Å². The number of hydrogen-bond acceptors (Lipinski definition) is 4. The van der Waals surface area contributed by atoms with Gasteiger partial charge in [-0.1, -0.05) is 19.0 Å². The van der Waals surface area contributed by atoms with Crippen LogP contribution in [0.2, 0.25) is 0 Å². The van der Waals surface area contributed by atoms with E-state index in [2.05, 4.69) is 36.1 Å². The van der Waals surface area contributed by atoms with Crippen molar-refractivity contribution in [2.75, 3.05) is 32.8 Å². The average Bonchev–Trinajstić information content (AvgIpc) is 3.18. The van der Waals surface area contributed by atoms with E-state index in [-0.39, 0.29) is 24.0 Å².